The van der Waals surface area contributed by atoms with Gasteiger partial charge in [0.15, 0.2) is 0 Å². The summed E-state index contributed by atoms with van der Waals surface area (Å²) < 4.78 is 7.86. The number of fused-ring (bicyclic) bond motifs is 1. The van der Waals surface area contributed by atoms with E-state index >= 15 is 0 Å². The molecule has 6 heteroatoms. The van der Waals surface area contributed by atoms with Crippen molar-refractivity contribution in [2.45, 2.75) is 32.2 Å². The standard InChI is InChI=1S/C15H19BN2O3/c19-16(20)12-4-3-5-13(10-12)21-9-8-18-11-17-14-6-1-2-7-15(14)18/h3-5,10-11,19-20H,1-2,6-9H2. The molecule has 0 radical (unpaired) electrons. The highest BCUT2D eigenvalue weighted by atomic mass is 16.5. The Balaban J connectivity index is 1.59. The van der Waals surface area contributed by atoms with Crippen LogP contribution in [0.1, 0.15) is 24.2 Å². The maximum absolute atomic E-state index is 9.14. The molecule has 1 aliphatic carbocycles. The van der Waals surface area contributed by atoms with Crippen LogP contribution in [0.25, 0.3) is 0 Å². The number of rotatable bonds is 5. The van der Waals surface area contributed by atoms with Crippen molar-refractivity contribution in [2.75, 3.05) is 6.61 Å². The van der Waals surface area contributed by atoms with Gasteiger partial charge >= 0.3 is 7.12 Å². The molecule has 0 bridgehead atoms. The van der Waals surface area contributed by atoms with Crippen LogP contribution in [0.3, 0.4) is 0 Å². The van der Waals surface area contributed by atoms with Gasteiger partial charge in [-0.15, -0.1) is 0 Å². The molecule has 1 aliphatic rings. The molecule has 0 amide bonds. The number of benzene rings is 1. The van der Waals surface area contributed by atoms with E-state index in [1.807, 2.05) is 12.4 Å². The summed E-state index contributed by atoms with van der Waals surface area (Å²) in [5.41, 5.74) is 3.00. The Labute approximate surface area is 124 Å². The molecule has 0 saturated carbocycles. The molecule has 1 aromatic carbocycles. The molecule has 1 aromatic heterocycles. The largest absolute Gasteiger partial charge is 0.492 e. The van der Waals surface area contributed by atoms with Gasteiger partial charge in [0, 0.05) is 5.69 Å². The normalized spacial score (nSPS) is 13.8. The predicted molar refractivity (Wildman–Crippen MR) is 80.6 cm³/mol. The quantitative estimate of drug-likeness (QED) is 0.786. The molecule has 0 unspecified atom stereocenters. The van der Waals surface area contributed by atoms with E-state index in [4.69, 9.17) is 14.8 Å². The molecule has 0 spiro atoms. The van der Waals surface area contributed by atoms with Gasteiger partial charge < -0.3 is 19.4 Å². The molecular weight excluding hydrogens is 267 g/mol. The third kappa shape index (κ3) is 3.28. The Morgan fingerprint density at radius 2 is 2.10 bits per heavy atom. The van der Waals surface area contributed by atoms with E-state index in [-0.39, 0.29) is 0 Å². The molecule has 1 heterocycles. The number of aromatic nitrogens is 2. The van der Waals surface area contributed by atoms with Crippen molar-refractivity contribution in [1.82, 2.24) is 9.55 Å². The number of aryl methyl sites for hydroxylation is 1. The zero-order valence-electron chi connectivity index (χ0n) is 11.9. The topological polar surface area (TPSA) is 67.5 Å². The van der Waals surface area contributed by atoms with Crippen molar-refractivity contribution >= 4 is 12.6 Å². The second kappa shape index (κ2) is 6.32. The average Bonchev–Trinajstić information content (AvgIpc) is 2.91. The van der Waals surface area contributed by atoms with Crippen LogP contribution >= 0.6 is 0 Å². The summed E-state index contributed by atoms with van der Waals surface area (Å²) in [7, 11) is -1.46. The molecule has 0 atom stereocenters. The first-order valence-corrected chi connectivity index (χ1v) is 7.36. The fourth-order valence-corrected chi connectivity index (χ4v) is 2.75. The fraction of sp³-hybridized carbons (Fsp3) is 0.400. The summed E-state index contributed by atoms with van der Waals surface area (Å²) in [5, 5.41) is 18.3. The van der Waals surface area contributed by atoms with Crippen LogP contribution < -0.4 is 10.2 Å². The zero-order valence-corrected chi connectivity index (χ0v) is 11.9. The molecule has 0 saturated heterocycles. The van der Waals surface area contributed by atoms with E-state index in [9.17, 15) is 0 Å². The molecule has 5 nitrogen and oxygen atoms in total. The van der Waals surface area contributed by atoms with Crippen LogP contribution in [-0.4, -0.2) is 33.3 Å². The van der Waals surface area contributed by atoms with Crippen molar-refractivity contribution in [2.24, 2.45) is 0 Å². The Kier molecular flexibility index (Phi) is 4.27. The van der Waals surface area contributed by atoms with Gasteiger partial charge in [-0.05, 0) is 43.3 Å². The number of hydrogen-bond acceptors (Lipinski definition) is 4. The van der Waals surface area contributed by atoms with E-state index in [1.54, 1.807) is 18.2 Å². The lowest BCUT2D eigenvalue weighted by Crippen LogP contribution is -2.29. The van der Waals surface area contributed by atoms with Gasteiger partial charge in [-0.1, -0.05) is 12.1 Å². The van der Waals surface area contributed by atoms with Crippen molar-refractivity contribution < 1.29 is 14.8 Å². The molecule has 2 N–H and O–H groups in total. The Bertz CT molecular complexity index is 613. The van der Waals surface area contributed by atoms with E-state index < -0.39 is 7.12 Å². The van der Waals surface area contributed by atoms with Crippen molar-refractivity contribution in [3.05, 3.63) is 42.0 Å². The summed E-state index contributed by atoms with van der Waals surface area (Å²) in [4.78, 5) is 4.46. The van der Waals surface area contributed by atoms with Gasteiger partial charge in [-0.25, -0.2) is 4.98 Å². The SMILES string of the molecule is OB(O)c1cccc(OCCn2cnc3c2CCCC3)c1. The Hall–Kier alpha value is -1.79. The smallest absolute Gasteiger partial charge is 0.488 e. The zero-order chi connectivity index (χ0) is 14.7. The molecular formula is C15H19BN2O3. The summed E-state index contributed by atoms with van der Waals surface area (Å²) in [6, 6.07) is 6.87. The van der Waals surface area contributed by atoms with Crippen LogP contribution in [0.5, 0.6) is 5.75 Å². The van der Waals surface area contributed by atoms with E-state index in [0.717, 1.165) is 19.4 Å². The average molecular weight is 286 g/mol. The van der Waals surface area contributed by atoms with Gasteiger partial charge in [-0.3, -0.25) is 0 Å². The number of imidazole rings is 1. The van der Waals surface area contributed by atoms with E-state index in [2.05, 4.69) is 9.55 Å². The number of nitrogens with zero attached hydrogens (tertiary/aromatic N) is 2. The third-order valence-electron chi connectivity index (χ3n) is 3.87. The van der Waals surface area contributed by atoms with Crippen LogP contribution in [0.2, 0.25) is 0 Å². The van der Waals surface area contributed by atoms with Crippen molar-refractivity contribution in [1.29, 1.82) is 0 Å². The van der Waals surface area contributed by atoms with Gasteiger partial charge in [-0.2, -0.15) is 0 Å². The second-order valence-corrected chi connectivity index (χ2v) is 5.33. The first-order valence-electron chi connectivity index (χ1n) is 7.36. The minimum absolute atomic E-state index is 0.438. The number of hydrogen-bond donors (Lipinski definition) is 2. The minimum atomic E-state index is -1.46. The van der Waals surface area contributed by atoms with Crippen LogP contribution in [0.4, 0.5) is 0 Å². The summed E-state index contributed by atoms with van der Waals surface area (Å²) in [6.07, 6.45) is 6.54. The highest BCUT2D eigenvalue weighted by Crippen LogP contribution is 2.19. The lowest BCUT2D eigenvalue weighted by Gasteiger charge is -2.14. The van der Waals surface area contributed by atoms with Crippen LogP contribution in [0.15, 0.2) is 30.6 Å². The summed E-state index contributed by atoms with van der Waals surface area (Å²) >= 11 is 0. The molecule has 3 rings (SSSR count). The highest BCUT2D eigenvalue weighted by molar-refractivity contribution is 6.58. The summed E-state index contributed by atoms with van der Waals surface area (Å²) in [6.45, 7) is 1.29. The third-order valence-corrected chi connectivity index (χ3v) is 3.87. The van der Waals surface area contributed by atoms with Gasteiger partial charge in [0.25, 0.3) is 0 Å². The predicted octanol–water partition coefficient (Wildman–Crippen LogP) is 0.521. The maximum atomic E-state index is 9.14. The lowest BCUT2D eigenvalue weighted by atomic mass is 9.80. The lowest BCUT2D eigenvalue weighted by molar-refractivity contribution is 0.296. The fourth-order valence-electron chi connectivity index (χ4n) is 2.75. The van der Waals surface area contributed by atoms with E-state index in [0.29, 0.717) is 17.8 Å². The van der Waals surface area contributed by atoms with Crippen molar-refractivity contribution in [3.63, 3.8) is 0 Å². The molecule has 110 valence electrons. The second-order valence-electron chi connectivity index (χ2n) is 5.33. The Morgan fingerprint density at radius 3 is 2.95 bits per heavy atom. The molecule has 0 aliphatic heterocycles. The van der Waals surface area contributed by atoms with Gasteiger partial charge in [0.1, 0.15) is 12.4 Å². The Morgan fingerprint density at radius 1 is 1.24 bits per heavy atom. The maximum Gasteiger partial charge on any atom is 0.488 e. The van der Waals surface area contributed by atoms with E-state index in [1.165, 1.54) is 24.2 Å². The first kappa shape index (κ1) is 14.2. The molecule has 21 heavy (non-hydrogen) atoms. The molecule has 0 fully saturated rings. The first-order chi connectivity index (χ1) is 10.2. The molecule has 2 aromatic rings. The highest BCUT2D eigenvalue weighted by Gasteiger charge is 2.15. The van der Waals surface area contributed by atoms with Crippen molar-refractivity contribution in [3.8, 4) is 5.75 Å². The van der Waals surface area contributed by atoms with Crippen LogP contribution in [0, 0.1) is 0 Å². The number of ether oxygens (including phenoxy) is 1. The van der Waals surface area contributed by atoms with Gasteiger partial charge in [0.2, 0.25) is 0 Å². The summed E-state index contributed by atoms with van der Waals surface area (Å²) in [5.74, 6) is 0.648. The monoisotopic (exact) mass is 286 g/mol. The minimum Gasteiger partial charge on any atom is -0.492 e. The van der Waals surface area contributed by atoms with Crippen LogP contribution in [-0.2, 0) is 19.4 Å². The van der Waals surface area contributed by atoms with Gasteiger partial charge in [0.05, 0.1) is 18.6 Å².